The lowest BCUT2D eigenvalue weighted by molar-refractivity contribution is -0.688. The minimum absolute atomic E-state index is 0.931. The van der Waals surface area contributed by atoms with E-state index in [-0.39, 0.29) is 0 Å². The smallest absolute Gasteiger partial charge is 0.174 e. The third-order valence-electron chi connectivity index (χ3n) is 3.00. The normalized spacial score (nSPS) is 10.3. The summed E-state index contributed by atoms with van der Waals surface area (Å²) < 4.78 is 2.20. The Morgan fingerprint density at radius 3 is 2.24 bits per heavy atom. The number of anilines is 1. The summed E-state index contributed by atoms with van der Waals surface area (Å²) in [6, 6.07) is 12.8. The van der Waals surface area contributed by atoms with Gasteiger partial charge in [0, 0.05) is 37.5 Å². The molecular formula is C15H19N2+. The molecule has 0 bridgehead atoms. The number of hydrogen-bond donors (Lipinski definition) is 0. The third-order valence-corrected chi connectivity index (χ3v) is 3.00. The molecule has 2 nitrogen and oxygen atoms in total. The maximum Gasteiger partial charge on any atom is 0.174 e. The van der Waals surface area contributed by atoms with Gasteiger partial charge in [0.1, 0.15) is 0 Å². The van der Waals surface area contributed by atoms with Gasteiger partial charge in [0.05, 0.1) is 0 Å². The fourth-order valence-corrected chi connectivity index (χ4v) is 1.84. The number of pyridine rings is 1. The lowest BCUT2D eigenvalue weighted by Gasteiger charge is -2.10. The highest BCUT2D eigenvalue weighted by Gasteiger charge is 2.05. The van der Waals surface area contributed by atoms with Crippen molar-refractivity contribution in [3.8, 4) is 0 Å². The molecule has 0 unspecified atom stereocenters. The van der Waals surface area contributed by atoms with E-state index in [0.717, 1.165) is 6.54 Å². The van der Waals surface area contributed by atoms with E-state index in [1.54, 1.807) is 0 Å². The first kappa shape index (κ1) is 11.6. The second-order valence-corrected chi connectivity index (χ2v) is 4.55. The first-order valence-electron chi connectivity index (χ1n) is 5.88. The van der Waals surface area contributed by atoms with Crippen molar-refractivity contribution in [2.24, 2.45) is 0 Å². The zero-order valence-electron chi connectivity index (χ0n) is 10.7. The Kier molecular flexibility index (Phi) is 3.43. The molecule has 17 heavy (non-hydrogen) atoms. The van der Waals surface area contributed by atoms with E-state index in [2.05, 4.69) is 79.3 Å². The molecular weight excluding hydrogens is 208 g/mol. The fourth-order valence-electron chi connectivity index (χ4n) is 1.84. The monoisotopic (exact) mass is 227 g/mol. The Morgan fingerprint density at radius 2 is 1.65 bits per heavy atom. The van der Waals surface area contributed by atoms with Gasteiger partial charge in [-0.3, -0.25) is 0 Å². The van der Waals surface area contributed by atoms with Crippen LogP contribution in [0.15, 0.2) is 48.8 Å². The molecule has 2 rings (SSSR count). The maximum absolute atomic E-state index is 2.20. The minimum Gasteiger partial charge on any atom is -0.377 e. The van der Waals surface area contributed by atoms with Gasteiger partial charge in [-0.15, -0.1) is 0 Å². The summed E-state index contributed by atoms with van der Waals surface area (Å²) in [5.74, 6) is 0. The largest absolute Gasteiger partial charge is 0.377 e. The topological polar surface area (TPSA) is 7.12 Å². The van der Waals surface area contributed by atoms with Gasteiger partial charge in [0.2, 0.25) is 0 Å². The molecule has 0 aliphatic rings. The lowest BCUT2D eigenvalue weighted by atomic mass is 10.1. The Bertz CT molecular complexity index is 487. The van der Waals surface area contributed by atoms with Crippen LogP contribution in [0.4, 0.5) is 5.69 Å². The van der Waals surface area contributed by atoms with Crippen LogP contribution in [0.25, 0.3) is 0 Å². The molecule has 0 spiro atoms. The van der Waals surface area contributed by atoms with E-state index in [9.17, 15) is 0 Å². The minimum atomic E-state index is 0.931. The van der Waals surface area contributed by atoms with Crippen molar-refractivity contribution in [2.75, 3.05) is 19.0 Å². The van der Waals surface area contributed by atoms with E-state index >= 15 is 0 Å². The van der Waals surface area contributed by atoms with Gasteiger partial charge in [-0.2, -0.15) is 0 Å². The molecule has 88 valence electrons. The summed E-state index contributed by atoms with van der Waals surface area (Å²) in [4.78, 5) is 2.11. The second kappa shape index (κ2) is 5.00. The van der Waals surface area contributed by atoms with Crippen molar-refractivity contribution in [1.29, 1.82) is 0 Å². The van der Waals surface area contributed by atoms with Crippen molar-refractivity contribution in [3.63, 3.8) is 0 Å². The predicted octanol–water partition coefficient (Wildman–Crippen LogP) is 2.40. The van der Waals surface area contributed by atoms with Gasteiger partial charge >= 0.3 is 0 Å². The van der Waals surface area contributed by atoms with Gasteiger partial charge < -0.3 is 4.90 Å². The van der Waals surface area contributed by atoms with Crippen LogP contribution in [-0.4, -0.2) is 14.1 Å². The highest BCUT2D eigenvalue weighted by Crippen LogP contribution is 2.08. The molecule has 0 N–H and O–H groups in total. The molecule has 1 aromatic heterocycles. The summed E-state index contributed by atoms with van der Waals surface area (Å²) >= 11 is 0. The Hall–Kier alpha value is -1.83. The molecule has 2 aromatic rings. The van der Waals surface area contributed by atoms with Gasteiger partial charge in [0.15, 0.2) is 18.9 Å². The fraction of sp³-hybridized carbons (Fsp3) is 0.267. The highest BCUT2D eigenvalue weighted by atomic mass is 15.1. The van der Waals surface area contributed by atoms with Crippen molar-refractivity contribution >= 4 is 5.69 Å². The van der Waals surface area contributed by atoms with Crippen LogP contribution in [0.5, 0.6) is 0 Å². The van der Waals surface area contributed by atoms with Crippen LogP contribution in [-0.2, 0) is 6.54 Å². The summed E-state index contributed by atoms with van der Waals surface area (Å²) in [6.07, 6.45) is 4.25. The van der Waals surface area contributed by atoms with E-state index in [1.165, 1.54) is 16.8 Å². The van der Waals surface area contributed by atoms with Gasteiger partial charge in [-0.25, -0.2) is 4.57 Å². The zero-order chi connectivity index (χ0) is 12.3. The van der Waals surface area contributed by atoms with Crippen molar-refractivity contribution in [3.05, 3.63) is 59.9 Å². The SMILES string of the molecule is Cc1ccccc1C[n+]1ccc(N(C)C)cc1. The number of rotatable bonds is 3. The second-order valence-electron chi connectivity index (χ2n) is 4.55. The molecule has 0 aliphatic carbocycles. The van der Waals surface area contributed by atoms with Crippen molar-refractivity contribution in [2.45, 2.75) is 13.5 Å². The number of benzene rings is 1. The number of nitrogens with zero attached hydrogens (tertiary/aromatic N) is 2. The van der Waals surface area contributed by atoms with Crippen LogP contribution in [0.1, 0.15) is 11.1 Å². The molecule has 0 amide bonds. The zero-order valence-corrected chi connectivity index (χ0v) is 10.7. The van der Waals surface area contributed by atoms with Crippen LogP contribution in [0, 0.1) is 6.92 Å². The molecule has 0 fully saturated rings. The van der Waals surface area contributed by atoms with E-state index < -0.39 is 0 Å². The maximum atomic E-state index is 2.20. The number of hydrogen-bond acceptors (Lipinski definition) is 1. The Morgan fingerprint density at radius 1 is 1.00 bits per heavy atom. The molecule has 0 saturated heterocycles. The highest BCUT2D eigenvalue weighted by molar-refractivity contribution is 5.41. The molecule has 1 aromatic carbocycles. The average molecular weight is 227 g/mol. The molecule has 0 radical (unpaired) electrons. The average Bonchev–Trinajstić information content (AvgIpc) is 2.33. The van der Waals surface area contributed by atoms with Crippen LogP contribution in [0.2, 0.25) is 0 Å². The Balaban J connectivity index is 2.17. The first-order chi connectivity index (χ1) is 8.16. The molecule has 0 atom stereocenters. The van der Waals surface area contributed by atoms with Crippen LogP contribution >= 0.6 is 0 Å². The summed E-state index contributed by atoms with van der Waals surface area (Å²) in [5.41, 5.74) is 3.94. The standard InChI is InChI=1S/C15H19N2/c1-13-6-4-5-7-14(13)12-17-10-8-15(9-11-17)16(2)3/h4-11H,12H2,1-3H3/q+1. The van der Waals surface area contributed by atoms with Gasteiger partial charge in [-0.1, -0.05) is 24.3 Å². The summed E-state index contributed by atoms with van der Waals surface area (Å²) in [6.45, 7) is 3.09. The van der Waals surface area contributed by atoms with Gasteiger partial charge in [-0.05, 0) is 12.5 Å². The quantitative estimate of drug-likeness (QED) is 0.730. The van der Waals surface area contributed by atoms with E-state index in [1.807, 2.05) is 0 Å². The number of aromatic nitrogens is 1. The molecule has 0 aliphatic heterocycles. The molecule has 2 heteroatoms. The summed E-state index contributed by atoms with van der Waals surface area (Å²) in [5, 5.41) is 0. The summed E-state index contributed by atoms with van der Waals surface area (Å²) in [7, 11) is 4.11. The van der Waals surface area contributed by atoms with Gasteiger partial charge in [0.25, 0.3) is 0 Å². The van der Waals surface area contributed by atoms with Crippen LogP contribution in [0.3, 0.4) is 0 Å². The Labute approximate surface area is 103 Å². The van der Waals surface area contributed by atoms with Crippen molar-refractivity contribution in [1.82, 2.24) is 0 Å². The third kappa shape index (κ3) is 2.84. The van der Waals surface area contributed by atoms with Crippen LogP contribution < -0.4 is 9.47 Å². The van der Waals surface area contributed by atoms with E-state index in [4.69, 9.17) is 0 Å². The number of aryl methyl sites for hydroxylation is 1. The molecule has 1 heterocycles. The molecule has 0 saturated carbocycles. The first-order valence-corrected chi connectivity index (χ1v) is 5.88. The predicted molar refractivity (Wildman–Crippen MR) is 71.2 cm³/mol. The lowest BCUT2D eigenvalue weighted by Crippen LogP contribution is -2.33. The van der Waals surface area contributed by atoms with E-state index in [0.29, 0.717) is 0 Å². The van der Waals surface area contributed by atoms with Crippen molar-refractivity contribution < 1.29 is 4.57 Å².